The summed E-state index contributed by atoms with van der Waals surface area (Å²) < 4.78 is 0. The minimum absolute atomic E-state index is 0.192. The van der Waals surface area contributed by atoms with Gasteiger partial charge in [0, 0.05) is 11.1 Å². The van der Waals surface area contributed by atoms with Gasteiger partial charge in [0.2, 0.25) is 0 Å². The van der Waals surface area contributed by atoms with Gasteiger partial charge in [0.15, 0.2) is 0 Å². The van der Waals surface area contributed by atoms with Crippen molar-refractivity contribution in [1.29, 1.82) is 0 Å². The zero-order chi connectivity index (χ0) is 20.0. The summed E-state index contributed by atoms with van der Waals surface area (Å²) in [6.07, 6.45) is 0.696. The second-order valence-corrected chi connectivity index (χ2v) is 7.54. The van der Waals surface area contributed by atoms with Crippen molar-refractivity contribution >= 4 is 17.5 Å². The van der Waals surface area contributed by atoms with Crippen molar-refractivity contribution in [2.45, 2.75) is 25.4 Å². The average Bonchev–Trinajstić information content (AvgIpc) is 3.03. The van der Waals surface area contributed by atoms with Crippen LogP contribution < -0.4 is 0 Å². The first-order valence-electron chi connectivity index (χ1n) is 9.83. The highest BCUT2D eigenvalue weighted by molar-refractivity contribution is 6.21. The largest absolute Gasteiger partial charge is 0.278 e. The maximum absolute atomic E-state index is 12.9. The third-order valence-corrected chi connectivity index (χ3v) is 5.83. The van der Waals surface area contributed by atoms with Gasteiger partial charge in [0.05, 0.1) is 28.9 Å². The summed E-state index contributed by atoms with van der Waals surface area (Å²) >= 11 is 0. The number of fused-ring (bicyclic) bond motifs is 2. The molecule has 3 aromatic rings. The van der Waals surface area contributed by atoms with Crippen molar-refractivity contribution in [2.75, 3.05) is 0 Å². The first kappa shape index (κ1) is 17.6. The van der Waals surface area contributed by atoms with E-state index in [1.165, 1.54) is 10.5 Å². The van der Waals surface area contributed by atoms with Gasteiger partial charge in [-0.2, -0.15) is 0 Å². The van der Waals surface area contributed by atoms with Crippen molar-refractivity contribution in [3.63, 3.8) is 0 Å². The SMILES string of the molecule is CC(C1Cc2ccccc2C(c2ccccc2)=N1)N1C(=O)c2ccccc2C1=O. The normalized spacial score (nSPS) is 18.9. The molecule has 2 heterocycles. The quantitative estimate of drug-likeness (QED) is 0.642. The van der Waals surface area contributed by atoms with Crippen molar-refractivity contribution < 1.29 is 9.59 Å². The monoisotopic (exact) mass is 380 g/mol. The first-order chi connectivity index (χ1) is 14.1. The van der Waals surface area contributed by atoms with E-state index in [1.807, 2.05) is 49.4 Å². The number of imide groups is 1. The molecule has 5 rings (SSSR count). The number of aliphatic imine (C=N–C) groups is 1. The number of benzene rings is 3. The number of hydrogen-bond acceptors (Lipinski definition) is 3. The van der Waals surface area contributed by atoms with E-state index in [-0.39, 0.29) is 23.9 Å². The van der Waals surface area contributed by atoms with E-state index in [0.29, 0.717) is 17.5 Å². The lowest BCUT2D eigenvalue weighted by molar-refractivity contribution is 0.0576. The molecule has 29 heavy (non-hydrogen) atoms. The second kappa shape index (κ2) is 6.82. The summed E-state index contributed by atoms with van der Waals surface area (Å²) in [5.74, 6) is -0.457. The second-order valence-electron chi connectivity index (χ2n) is 7.54. The molecule has 2 aliphatic heterocycles. The first-order valence-corrected chi connectivity index (χ1v) is 9.83. The number of nitrogens with zero attached hydrogens (tertiary/aromatic N) is 2. The Balaban J connectivity index is 1.55. The van der Waals surface area contributed by atoms with Gasteiger partial charge < -0.3 is 0 Å². The summed E-state index contributed by atoms with van der Waals surface area (Å²) in [6, 6.07) is 24.8. The molecule has 0 radical (unpaired) electrons. The van der Waals surface area contributed by atoms with Crippen LogP contribution in [-0.2, 0) is 6.42 Å². The summed E-state index contributed by atoms with van der Waals surface area (Å²) in [6.45, 7) is 1.92. The van der Waals surface area contributed by atoms with Gasteiger partial charge in [0.1, 0.15) is 0 Å². The van der Waals surface area contributed by atoms with Crippen molar-refractivity contribution in [1.82, 2.24) is 4.90 Å². The standard InChI is InChI=1S/C25H20N2O2/c1-16(27-24(28)20-13-7-8-14-21(20)25(27)29)22-15-18-11-5-6-12-19(18)23(26-22)17-9-3-2-4-10-17/h2-14,16,22H,15H2,1H3. The topological polar surface area (TPSA) is 49.7 Å². The number of carbonyl (C=O) groups excluding carboxylic acids is 2. The van der Waals surface area contributed by atoms with Gasteiger partial charge in [-0.15, -0.1) is 0 Å². The van der Waals surface area contributed by atoms with E-state index in [2.05, 4.69) is 12.1 Å². The molecule has 2 aliphatic rings. The molecule has 0 saturated carbocycles. The molecule has 0 aromatic heterocycles. The van der Waals surface area contributed by atoms with Crippen LogP contribution in [0, 0.1) is 0 Å². The Kier molecular flexibility index (Phi) is 4.13. The van der Waals surface area contributed by atoms with Crippen LogP contribution in [-0.4, -0.2) is 34.5 Å². The third kappa shape index (κ3) is 2.80. The van der Waals surface area contributed by atoms with Crippen molar-refractivity contribution in [3.05, 3.63) is 107 Å². The molecule has 0 saturated heterocycles. The van der Waals surface area contributed by atoms with E-state index in [9.17, 15) is 9.59 Å². The van der Waals surface area contributed by atoms with Crippen LogP contribution in [0.15, 0.2) is 83.9 Å². The van der Waals surface area contributed by atoms with E-state index < -0.39 is 0 Å². The van der Waals surface area contributed by atoms with Crippen LogP contribution in [0.4, 0.5) is 0 Å². The Hall–Kier alpha value is -3.53. The Labute approximate surface area is 169 Å². The molecule has 2 unspecified atom stereocenters. The smallest absolute Gasteiger partial charge is 0.261 e. The lowest BCUT2D eigenvalue weighted by Gasteiger charge is -2.32. The van der Waals surface area contributed by atoms with Crippen LogP contribution in [0.2, 0.25) is 0 Å². The highest BCUT2D eigenvalue weighted by Gasteiger charge is 2.41. The minimum Gasteiger partial charge on any atom is -0.278 e. The number of amides is 2. The Morgan fingerprint density at radius 1 is 0.793 bits per heavy atom. The molecule has 4 nitrogen and oxygen atoms in total. The van der Waals surface area contributed by atoms with Gasteiger partial charge in [-0.1, -0.05) is 66.7 Å². The molecule has 142 valence electrons. The Bertz CT molecular complexity index is 1120. The maximum atomic E-state index is 12.9. The van der Waals surface area contributed by atoms with Crippen LogP contribution >= 0.6 is 0 Å². The lowest BCUT2D eigenvalue weighted by Crippen LogP contribution is -2.46. The van der Waals surface area contributed by atoms with Crippen molar-refractivity contribution in [2.24, 2.45) is 4.99 Å². The molecule has 3 aromatic carbocycles. The summed E-state index contributed by atoms with van der Waals surface area (Å²) in [5, 5.41) is 0. The van der Waals surface area contributed by atoms with Gasteiger partial charge >= 0.3 is 0 Å². The van der Waals surface area contributed by atoms with Gasteiger partial charge in [-0.25, -0.2) is 0 Å². The average molecular weight is 380 g/mol. The number of rotatable bonds is 3. The fraction of sp³-hybridized carbons (Fsp3) is 0.160. The van der Waals surface area contributed by atoms with Gasteiger partial charge in [0.25, 0.3) is 11.8 Å². The zero-order valence-corrected chi connectivity index (χ0v) is 16.1. The maximum Gasteiger partial charge on any atom is 0.261 e. The predicted molar refractivity (Wildman–Crippen MR) is 112 cm³/mol. The van der Waals surface area contributed by atoms with Gasteiger partial charge in [-0.05, 0) is 31.0 Å². The van der Waals surface area contributed by atoms with Crippen molar-refractivity contribution in [3.8, 4) is 0 Å². The third-order valence-electron chi connectivity index (χ3n) is 5.83. The fourth-order valence-corrected chi connectivity index (χ4v) is 4.29. The Morgan fingerprint density at radius 2 is 1.34 bits per heavy atom. The number of carbonyl (C=O) groups is 2. The zero-order valence-electron chi connectivity index (χ0n) is 16.1. The summed E-state index contributed by atoms with van der Waals surface area (Å²) in [7, 11) is 0. The molecule has 2 amide bonds. The van der Waals surface area contributed by atoms with Crippen LogP contribution in [0.5, 0.6) is 0 Å². The molecule has 0 spiro atoms. The molecular weight excluding hydrogens is 360 g/mol. The molecule has 4 heteroatoms. The molecule has 0 bridgehead atoms. The van der Waals surface area contributed by atoms with E-state index >= 15 is 0 Å². The molecular formula is C25H20N2O2. The van der Waals surface area contributed by atoms with Crippen LogP contribution in [0.1, 0.15) is 44.3 Å². The molecule has 0 fully saturated rings. The minimum atomic E-state index is -0.338. The molecule has 2 atom stereocenters. The molecule has 0 N–H and O–H groups in total. The summed E-state index contributed by atoms with van der Waals surface area (Å²) in [4.78, 5) is 32.3. The van der Waals surface area contributed by atoms with E-state index in [0.717, 1.165) is 16.8 Å². The van der Waals surface area contributed by atoms with Crippen LogP contribution in [0.25, 0.3) is 0 Å². The fourth-order valence-electron chi connectivity index (χ4n) is 4.29. The summed E-state index contributed by atoms with van der Waals surface area (Å²) in [5.41, 5.74) is 5.22. The lowest BCUT2D eigenvalue weighted by atomic mass is 9.88. The Morgan fingerprint density at radius 3 is 2.00 bits per heavy atom. The number of hydrogen-bond donors (Lipinski definition) is 0. The molecule has 0 aliphatic carbocycles. The van der Waals surface area contributed by atoms with E-state index in [4.69, 9.17) is 4.99 Å². The van der Waals surface area contributed by atoms with E-state index in [1.54, 1.807) is 24.3 Å². The highest BCUT2D eigenvalue weighted by atomic mass is 16.2. The highest BCUT2D eigenvalue weighted by Crippen LogP contribution is 2.30. The predicted octanol–water partition coefficient (Wildman–Crippen LogP) is 4.13. The van der Waals surface area contributed by atoms with Crippen LogP contribution in [0.3, 0.4) is 0 Å². The van der Waals surface area contributed by atoms with Gasteiger partial charge in [-0.3, -0.25) is 19.5 Å².